The van der Waals surface area contributed by atoms with Crippen molar-refractivity contribution in [1.29, 1.82) is 0 Å². The number of carbonyl (C=O) groups excluding carboxylic acids is 4. The van der Waals surface area contributed by atoms with Crippen LogP contribution in [0.1, 0.15) is 72.3 Å². The number of ether oxygens (including phenoxy) is 5. The smallest absolute Gasteiger partial charge is 0.409 e. The predicted molar refractivity (Wildman–Crippen MR) is 203 cm³/mol. The van der Waals surface area contributed by atoms with Crippen molar-refractivity contribution < 1.29 is 48.0 Å². The van der Waals surface area contributed by atoms with E-state index in [9.17, 15) is 24.3 Å². The van der Waals surface area contributed by atoms with E-state index in [2.05, 4.69) is 17.9 Å². The van der Waals surface area contributed by atoms with Gasteiger partial charge in [-0.1, -0.05) is 49.2 Å². The molecular formula is C38H54ClN3O10S. The summed E-state index contributed by atoms with van der Waals surface area (Å²) in [7, 11) is 6.04. The number of hydrogen-bond acceptors (Lipinski definition) is 11. The van der Waals surface area contributed by atoms with E-state index in [1.807, 2.05) is 19.9 Å². The number of hydrogen-bond donors (Lipinski definition) is 3. The summed E-state index contributed by atoms with van der Waals surface area (Å²) >= 11 is 11.2. The van der Waals surface area contributed by atoms with Gasteiger partial charge in [-0.3, -0.25) is 14.9 Å². The molecule has 0 aliphatic carbocycles. The Morgan fingerprint density at radius 1 is 1.26 bits per heavy atom. The summed E-state index contributed by atoms with van der Waals surface area (Å²) < 4.78 is 29.2. The maximum absolute atomic E-state index is 14.1. The molecule has 3 aliphatic rings. The number of carbonyl (C=O) groups is 4. The Bertz CT molecular complexity index is 1610. The summed E-state index contributed by atoms with van der Waals surface area (Å²) in [5.41, 5.74) is -0.905. The summed E-state index contributed by atoms with van der Waals surface area (Å²) in [5.74, 6) is -1.54. The molecule has 0 saturated carbocycles. The van der Waals surface area contributed by atoms with Gasteiger partial charge in [0.15, 0.2) is 5.72 Å². The number of halogens is 1. The molecule has 4 rings (SSSR count). The van der Waals surface area contributed by atoms with E-state index in [4.69, 9.17) is 35.3 Å². The fourth-order valence-corrected chi connectivity index (χ4v) is 7.33. The summed E-state index contributed by atoms with van der Waals surface area (Å²) in [4.78, 5) is 56.4. The molecule has 15 heteroatoms. The second-order valence-corrected chi connectivity index (χ2v) is 15.6. The molecule has 13 nitrogen and oxygen atoms in total. The summed E-state index contributed by atoms with van der Waals surface area (Å²) in [6.07, 6.45) is 2.53. The lowest BCUT2D eigenvalue weighted by atomic mass is 9.83. The number of likely N-dealkylation sites (N-methyl/N-ethyl adjacent to an activating group) is 1. The molecule has 53 heavy (non-hydrogen) atoms. The molecule has 2 N–H and O–H groups in total. The van der Waals surface area contributed by atoms with Crippen LogP contribution < -0.4 is 15.0 Å². The fourth-order valence-electron chi connectivity index (χ4n) is 6.89. The zero-order chi connectivity index (χ0) is 39.4. The standard InChI is InChI=1S/C38H54ClN3O10S/c1-10-25(53)14-15-31(43)41(6)23(4)35(45)51-30-19-32(44)42(7)26-17-24(18-27(48-8)33(26)39)16-21(2)12-11-13-29(49-9)38(47)20-28(50-36(46)40-38)22(3)34-37(30,5)52-34/h11-13,17-18,22-23,25,28-30,34,47,53H,10,14-16,19-20H2,1-9H3,(H,40,46). The number of aliphatic hydroxyl groups is 1. The van der Waals surface area contributed by atoms with Crippen LogP contribution in [0.2, 0.25) is 5.02 Å². The number of nitrogens with zero attached hydrogens (tertiary/aromatic N) is 2. The first-order valence-electron chi connectivity index (χ1n) is 17.9. The lowest BCUT2D eigenvalue weighted by molar-refractivity contribution is -0.162. The number of amides is 3. The van der Waals surface area contributed by atoms with Gasteiger partial charge in [-0.25, -0.2) is 9.59 Å². The average Bonchev–Trinajstić information content (AvgIpc) is 3.82. The van der Waals surface area contributed by atoms with Gasteiger partial charge in [0, 0.05) is 45.2 Å². The normalized spacial score (nSPS) is 30.2. The third-order valence-corrected chi connectivity index (χ3v) is 11.7. The number of alkyl carbamates (subject to hydrolysis) is 1. The number of anilines is 1. The second-order valence-electron chi connectivity index (χ2n) is 14.5. The van der Waals surface area contributed by atoms with Crippen molar-refractivity contribution in [3.63, 3.8) is 0 Å². The van der Waals surface area contributed by atoms with Crippen LogP contribution in [0.3, 0.4) is 0 Å². The van der Waals surface area contributed by atoms with Crippen molar-refractivity contribution in [3.05, 3.63) is 46.5 Å². The molecule has 3 aliphatic heterocycles. The van der Waals surface area contributed by atoms with Crippen LogP contribution in [0.5, 0.6) is 5.75 Å². The van der Waals surface area contributed by atoms with Crippen molar-refractivity contribution >= 4 is 53.8 Å². The van der Waals surface area contributed by atoms with Gasteiger partial charge in [0.2, 0.25) is 11.8 Å². The molecule has 0 radical (unpaired) electrons. The van der Waals surface area contributed by atoms with Crippen molar-refractivity contribution in [2.45, 2.75) is 120 Å². The molecule has 0 aromatic heterocycles. The van der Waals surface area contributed by atoms with Gasteiger partial charge in [0.1, 0.15) is 40.7 Å². The number of thiol groups is 1. The first-order valence-corrected chi connectivity index (χ1v) is 18.8. The van der Waals surface area contributed by atoms with Crippen molar-refractivity contribution in [2.75, 3.05) is 33.2 Å². The Hall–Kier alpha value is -3.30. The van der Waals surface area contributed by atoms with Crippen LogP contribution in [0, 0.1) is 5.92 Å². The highest BCUT2D eigenvalue weighted by atomic mass is 35.5. The Morgan fingerprint density at radius 3 is 2.60 bits per heavy atom. The average molecular weight is 780 g/mol. The van der Waals surface area contributed by atoms with E-state index in [-0.39, 0.29) is 35.4 Å². The molecular weight excluding hydrogens is 726 g/mol. The highest BCUT2D eigenvalue weighted by Crippen LogP contribution is 2.49. The maximum atomic E-state index is 14.1. The van der Waals surface area contributed by atoms with E-state index in [1.165, 1.54) is 31.1 Å². The van der Waals surface area contributed by atoms with Gasteiger partial charge >= 0.3 is 12.1 Å². The second kappa shape index (κ2) is 17.4. The van der Waals surface area contributed by atoms with Crippen molar-refractivity contribution in [1.82, 2.24) is 10.2 Å². The number of rotatable bonds is 9. The van der Waals surface area contributed by atoms with Crippen LogP contribution in [-0.2, 0) is 39.8 Å². The van der Waals surface area contributed by atoms with Crippen LogP contribution in [0.4, 0.5) is 10.5 Å². The molecule has 1 aromatic rings. The van der Waals surface area contributed by atoms with E-state index < -0.39 is 65.7 Å². The molecule has 1 aromatic carbocycles. The number of allylic oxidation sites excluding steroid dienone is 3. The Labute approximate surface area is 322 Å². The van der Waals surface area contributed by atoms with E-state index >= 15 is 0 Å². The Kier molecular flexibility index (Phi) is 14.0. The Balaban J connectivity index is 1.73. The molecule has 4 bridgehead atoms. The molecule has 3 heterocycles. The minimum Gasteiger partial charge on any atom is -0.495 e. The fraction of sp³-hybridized carbons (Fsp3) is 0.632. The van der Waals surface area contributed by atoms with Crippen LogP contribution in [0.25, 0.3) is 0 Å². The van der Waals surface area contributed by atoms with Crippen molar-refractivity contribution in [2.24, 2.45) is 5.92 Å². The van der Waals surface area contributed by atoms with Gasteiger partial charge in [-0.05, 0) is 57.7 Å². The quantitative estimate of drug-likeness (QED) is 0.177. The number of epoxide rings is 1. The van der Waals surface area contributed by atoms with Gasteiger partial charge in [-0.15, -0.1) is 0 Å². The number of nitrogens with one attached hydrogen (secondary N) is 1. The zero-order valence-electron chi connectivity index (χ0n) is 32.0. The maximum Gasteiger partial charge on any atom is 0.409 e. The molecule has 9 atom stereocenters. The number of esters is 1. The van der Waals surface area contributed by atoms with Crippen LogP contribution in [0.15, 0.2) is 35.9 Å². The topological polar surface area (TPSA) is 156 Å². The van der Waals surface area contributed by atoms with Gasteiger partial charge in [-0.2, -0.15) is 12.6 Å². The summed E-state index contributed by atoms with van der Waals surface area (Å²) in [5, 5.41) is 14.5. The lowest BCUT2D eigenvalue weighted by Gasteiger charge is -2.42. The molecule has 2 fully saturated rings. The van der Waals surface area contributed by atoms with Crippen LogP contribution in [-0.4, -0.2) is 109 Å². The first-order chi connectivity index (χ1) is 24.9. The molecule has 294 valence electrons. The first kappa shape index (κ1) is 42.4. The number of methoxy groups -OCH3 is 2. The van der Waals surface area contributed by atoms with Gasteiger partial charge < -0.3 is 38.6 Å². The van der Waals surface area contributed by atoms with Gasteiger partial charge in [0.25, 0.3) is 0 Å². The zero-order valence-corrected chi connectivity index (χ0v) is 33.7. The van der Waals surface area contributed by atoms with E-state index in [0.717, 1.165) is 17.6 Å². The molecule has 3 amide bonds. The van der Waals surface area contributed by atoms with E-state index in [1.54, 1.807) is 52.1 Å². The SMILES string of the molecule is CCC(S)CCC(=O)N(C)C(C)C(=O)OC1CC(=O)N(C)c2cc(cc(OC)c2Cl)CC(C)=CC=CC(OC)C2(O)CC(OC(=O)N2)C(C)C2OC12C. The minimum absolute atomic E-state index is 0.0489. The van der Waals surface area contributed by atoms with Gasteiger partial charge in [0.05, 0.1) is 25.3 Å². The number of benzene rings is 1. The summed E-state index contributed by atoms with van der Waals surface area (Å²) in [6, 6.07) is 2.61. The highest BCUT2D eigenvalue weighted by Gasteiger charge is 2.64. The van der Waals surface area contributed by atoms with E-state index in [0.29, 0.717) is 24.3 Å². The van der Waals surface area contributed by atoms with Crippen LogP contribution >= 0.6 is 24.2 Å². The predicted octanol–water partition coefficient (Wildman–Crippen LogP) is 5.00. The summed E-state index contributed by atoms with van der Waals surface area (Å²) in [6.45, 7) is 9.00. The third kappa shape index (κ3) is 9.69. The third-order valence-electron chi connectivity index (χ3n) is 10.7. The lowest BCUT2D eigenvalue weighted by Crippen LogP contribution is -2.63. The van der Waals surface area contributed by atoms with Crippen molar-refractivity contribution in [3.8, 4) is 5.75 Å². The largest absolute Gasteiger partial charge is 0.495 e. The Morgan fingerprint density at radius 2 is 1.96 bits per heavy atom. The number of fused-ring (bicyclic) bond motifs is 5. The minimum atomic E-state index is -1.82. The highest BCUT2D eigenvalue weighted by molar-refractivity contribution is 7.80. The molecule has 9 unspecified atom stereocenters. The molecule has 0 spiro atoms. The molecule has 2 saturated heterocycles. The monoisotopic (exact) mass is 779 g/mol.